The lowest BCUT2D eigenvalue weighted by Crippen LogP contribution is -2.39. The number of carbonyl (C=O) groups is 1. The molecule has 1 aliphatic heterocycles. The lowest BCUT2D eigenvalue weighted by atomic mass is 9.93. The number of carbonyl (C=O) groups excluding carboxylic acids is 1. The molecule has 5 nitrogen and oxygen atoms in total. The SMILES string of the molecule is COc1cc(Br)cn2nc(C(=O)N3CCc4ccccc4C3C)cc12. The molecule has 1 atom stereocenters. The van der Waals surface area contributed by atoms with Crippen LogP contribution in [0.2, 0.25) is 0 Å². The summed E-state index contributed by atoms with van der Waals surface area (Å²) in [6, 6.07) is 12.0. The second kappa shape index (κ2) is 6.19. The number of hydrogen-bond donors (Lipinski definition) is 0. The van der Waals surface area contributed by atoms with Gasteiger partial charge in [0.15, 0.2) is 5.69 Å². The van der Waals surface area contributed by atoms with E-state index in [1.807, 2.05) is 23.2 Å². The maximum absolute atomic E-state index is 13.1. The molecule has 128 valence electrons. The summed E-state index contributed by atoms with van der Waals surface area (Å²) >= 11 is 3.44. The van der Waals surface area contributed by atoms with Gasteiger partial charge in [0.05, 0.1) is 13.2 Å². The van der Waals surface area contributed by atoms with Crippen LogP contribution in [0.1, 0.15) is 34.6 Å². The molecule has 3 heterocycles. The van der Waals surface area contributed by atoms with Gasteiger partial charge in [-0.1, -0.05) is 24.3 Å². The van der Waals surface area contributed by atoms with Gasteiger partial charge in [-0.15, -0.1) is 0 Å². The van der Waals surface area contributed by atoms with Crippen LogP contribution in [0.5, 0.6) is 5.75 Å². The summed E-state index contributed by atoms with van der Waals surface area (Å²) in [4.78, 5) is 15.0. The number of nitrogens with zero attached hydrogens (tertiary/aromatic N) is 3. The van der Waals surface area contributed by atoms with Crippen molar-refractivity contribution in [3.8, 4) is 5.75 Å². The molecule has 0 fully saturated rings. The molecule has 1 amide bonds. The highest BCUT2D eigenvalue weighted by atomic mass is 79.9. The Labute approximate surface area is 154 Å². The molecule has 2 aromatic heterocycles. The lowest BCUT2D eigenvalue weighted by Gasteiger charge is -2.34. The van der Waals surface area contributed by atoms with E-state index in [2.05, 4.69) is 46.2 Å². The van der Waals surface area contributed by atoms with E-state index in [0.717, 1.165) is 16.4 Å². The molecule has 0 saturated carbocycles. The van der Waals surface area contributed by atoms with Gasteiger partial charge in [0.25, 0.3) is 5.91 Å². The smallest absolute Gasteiger partial charge is 0.274 e. The van der Waals surface area contributed by atoms with Gasteiger partial charge in [0.2, 0.25) is 0 Å². The number of ether oxygens (including phenoxy) is 1. The summed E-state index contributed by atoms with van der Waals surface area (Å²) in [5.74, 6) is 0.627. The largest absolute Gasteiger partial charge is 0.494 e. The predicted molar refractivity (Wildman–Crippen MR) is 99.0 cm³/mol. The number of hydrogen-bond acceptors (Lipinski definition) is 3. The van der Waals surface area contributed by atoms with Crippen molar-refractivity contribution in [2.75, 3.05) is 13.7 Å². The van der Waals surface area contributed by atoms with Gasteiger partial charge in [-0.05, 0) is 46.5 Å². The Bertz CT molecular complexity index is 966. The molecular weight excluding hydrogens is 382 g/mol. The van der Waals surface area contributed by atoms with Gasteiger partial charge in [0.1, 0.15) is 11.3 Å². The minimum atomic E-state index is -0.0520. The second-order valence-electron chi connectivity index (χ2n) is 6.21. The van der Waals surface area contributed by atoms with E-state index in [9.17, 15) is 4.79 Å². The normalized spacial score (nSPS) is 16.8. The van der Waals surface area contributed by atoms with Crippen LogP contribution >= 0.6 is 15.9 Å². The fraction of sp³-hybridized carbons (Fsp3) is 0.263. The Kier molecular flexibility index (Phi) is 4.00. The highest BCUT2D eigenvalue weighted by Crippen LogP contribution is 2.31. The maximum Gasteiger partial charge on any atom is 0.274 e. The van der Waals surface area contributed by atoms with Crippen LogP contribution in [-0.4, -0.2) is 34.1 Å². The number of benzene rings is 1. The van der Waals surface area contributed by atoms with E-state index in [0.29, 0.717) is 18.0 Å². The molecular formula is C19H18BrN3O2. The fourth-order valence-electron chi connectivity index (χ4n) is 3.49. The Morgan fingerprint density at radius 2 is 2.12 bits per heavy atom. The first-order valence-corrected chi connectivity index (χ1v) is 8.99. The first kappa shape index (κ1) is 16.1. The molecule has 0 aliphatic carbocycles. The molecule has 1 aliphatic rings. The summed E-state index contributed by atoms with van der Waals surface area (Å²) in [5.41, 5.74) is 3.74. The van der Waals surface area contributed by atoms with Crippen LogP contribution in [0, 0.1) is 0 Å². The highest BCUT2D eigenvalue weighted by molar-refractivity contribution is 9.10. The average molecular weight is 400 g/mol. The van der Waals surface area contributed by atoms with Crippen LogP contribution in [-0.2, 0) is 6.42 Å². The van der Waals surface area contributed by atoms with Crippen molar-refractivity contribution < 1.29 is 9.53 Å². The van der Waals surface area contributed by atoms with Crippen molar-refractivity contribution in [3.63, 3.8) is 0 Å². The Morgan fingerprint density at radius 1 is 1.32 bits per heavy atom. The van der Waals surface area contributed by atoms with Crippen LogP contribution in [0.25, 0.3) is 5.52 Å². The first-order valence-electron chi connectivity index (χ1n) is 8.20. The third-order valence-corrected chi connectivity index (χ3v) is 5.23. The van der Waals surface area contributed by atoms with Crippen molar-refractivity contribution in [3.05, 3.63) is 63.9 Å². The molecule has 0 saturated heterocycles. The summed E-state index contributed by atoms with van der Waals surface area (Å²) in [6.07, 6.45) is 2.69. The zero-order valence-electron chi connectivity index (χ0n) is 14.1. The van der Waals surface area contributed by atoms with Gasteiger partial charge in [-0.3, -0.25) is 4.79 Å². The van der Waals surface area contributed by atoms with Crippen LogP contribution in [0.3, 0.4) is 0 Å². The first-order chi connectivity index (χ1) is 12.1. The number of aromatic nitrogens is 2. The van der Waals surface area contributed by atoms with Gasteiger partial charge in [-0.25, -0.2) is 4.52 Å². The number of rotatable bonds is 2. The maximum atomic E-state index is 13.1. The van der Waals surface area contributed by atoms with Crippen molar-refractivity contribution in [2.24, 2.45) is 0 Å². The summed E-state index contributed by atoms with van der Waals surface area (Å²) in [5, 5.41) is 4.46. The van der Waals surface area contributed by atoms with Crippen molar-refractivity contribution in [1.82, 2.24) is 14.5 Å². The van der Waals surface area contributed by atoms with E-state index >= 15 is 0 Å². The number of pyridine rings is 1. The van der Waals surface area contributed by atoms with E-state index in [4.69, 9.17) is 4.74 Å². The molecule has 0 spiro atoms. The van der Waals surface area contributed by atoms with Gasteiger partial charge in [0, 0.05) is 23.3 Å². The van der Waals surface area contributed by atoms with Crippen molar-refractivity contribution >= 4 is 27.4 Å². The number of halogens is 1. The Hall–Kier alpha value is -2.34. The Balaban J connectivity index is 1.71. The lowest BCUT2D eigenvalue weighted by molar-refractivity contribution is 0.0671. The van der Waals surface area contributed by atoms with Crippen molar-refractivity contribution in [2.45, 2.75) is 19.4 Å². The zero-order chi connectivity index (χ0) is 17.6. The minimum absolute atomic E-state index is 0.0379. The van der Waals surface area contributed by atoms with E-state index < -0.39 is 0 Å². The van der Waals surface area contributed by atoms with Crippen LogP contribution in [0.15, 0.2) is 47.1 Å². The van der Waals surface area contributed by atoms with Crippen LogP contribution in [0.4, 0.5) is 0 Å². The number of amides is 1. The predicted octanol–water partition coefficient (Wildman–Crippen LogP) is 3.86. The average Bonchev–Trinajstić information content (AvgIpc) is 3.05. The molecule has 6 heteroatoms. The van der Waals surface area contributed by atoms with Crippen LogP contribution < -0.4 is 4.74 Å². The summed E-state index contributed by atoms with van der Waals surface area (Å²) < 4.78 is 7.92. The standard InChI is InChI=1S/C19H18BrN3O2/c1-12-15-6-4-3-5-13(15)7-8-22(12)19(24)16-10-17-18(25-2)9-14(20)11-23(17)21-16/h3-6,9-12H,7-8H2,1-2H3. The third-order valence-electron chi connectivity index (χ3n) is 4.80. The highest BCUT2D eigenvalue weighted by Gasteiger charge is 2.29. The second-order valence-corrected chi connectivity index (χ2v) is 7.13. The molecule has 0 bridgehead atoms. The molecule has 1 aromatic carbocycles. The van der Waals surface area contributed by atoms with Crippen molar-refractivity contribution in [1.29, 1.82) is 0 Å². The summed E-state index contributed by atoms with van der Waals surface area (Å²) in [6.45, 7) is 2.77. The molecule has 0 N–H and O–H groups in total. The number of methoxy groups -OCH3 is 1. The molecule has 4 rings (SSSR count). The van der Waals surface area contributed by atoms with Gasteiger partial charge >= 0.3 is 0 Å². The third kappa shape index (κ3) is 2.70. The zero-order valence-corrected chi connectivity index (χ0v) is 15.7. The van der Waals surface area contributed by atoms with E-state index in [-0.39, 0.29) is 11.9 Å². The minimum Gasteiger partial charge on any atom is -0.494 e. The monoisotopic (exact) mass is 399 g/mol. The number of fused-ring (bicyclic) bond motifs is 2. The van der Waals surface area contributed by atoms with E-state index in [1.54, 1.807) is 17.7 Å². The quantitative estimate of drug-likeness (QED) is 0.656. The molecule has 0 radical (unpaired) electrons. The molecule has 3 aromatic rings. The fourth-order valence-corrected chi connectivity index (χ4v) is 3.90. The van der Waals surface area contributed by atoms with Gasteiger partial charge < -0.3 is 9.64 Å². The topological polar surface area (TPSA) is 46.8 Å². The van der Waals surface area contributed by atoms with Gasteiger partial charge in [-0.2, -0.15) is 5.10 Å². The summed E-state index contributed by atoms with van der Waals surface area (Å²) in [7, 11) is 1.61. The Morgan fingerprint density at radius 3 is 2.92 bits per heavy atom. The molecule has 25 heavy (non-hydrogen) atoms. The van der Waals surface area contributed by atoms with E-state index in [1.165, 1.54) is 11.1 Å². The molecule has 1 unspecified atom stereocenters.